The smallest absolute Gasteiger partial charge is 0.0831 e. The molecular formula is C16H19ClN2O2. The fourth-order valence-electron chi connectivity index (χ4n) is 2.48. The summed E-state index contributed by atoms with van der Waals surface area (Å²) in [5.41, 5.74) is 1.94. The van der Waals surface area contributed by atoms with Crippen molar-refractivity contribution in [2.24, 2.45) is 0 Å². The predicted octanol–water partition coefficient (Wildman–Crippen LogP) is 3.49. The minimum atomic E-state index is 0.215. The number of aromatic nitrogens is 1. The summed E-state index contributed by atoms with van der Waals surface area (Å²) >= 11 is 6.01. The van der Waals surface area contributed by atoms with Gasteiger partial charge in [0.15, 0.2) is 0 Å². The van der Waals surface area contributed by atoms with E-state index in [1.165, 1.54) is 0 Å². The van der Waals surface area contributed by atoms with Crippen molar-refractivity contribution < 1.29 is 9.47 Å². The maximum atomic E-state index is 6.01. The molecule has 1 aliphatic heterocycles. The Morgan fingerprint density at radius 2 is 2.38 bits per heavy atom. The Kier molecular flexibility index (Phi) is 4.58. The first-order valence-corrected chi connectivity index (χ1v) is 7.60. The van der Waals surface area contributed by atoms with Gasteiger partial charge in [-0.2, -0.15) is 0 Å². The summed E-state index contributed by atoms with van der Waals surface area (Å²) < 4.78 is 11.2. The average Bonchev–Trinajstić information content (AvgIpc) is 2.98. The molecule has 0 spiro atoms. The van der Waals surface area contributed by atoms with E-state index in [2.05, 4.69) is 17.2 Å². The number of nitrogens with zero attached hydrogens (tertiary/aromatic N) is 1. The van der Waals surface area contributed by atoms with Crippen molar-refractivity contribution in [3.05, 3.63) is 35.5 Å². The first kappa shape index (κ1) is 14.6. The number of pyridine rings is 1. The summed E-state index contributed by atoms with van der Waals surface area (Å²) in [7, 11) is 0. The Morgan fingerprint density at radius 1 is 1.48 bits per heavy atom. The third-order valence-corrected chi connectivity index (χ3v) is 3.81. The molecule has 2 heterocycles. The van der Waals surface area contributed by atoms with E-state index in [4.69, 9.17) is 21.1 Å². The normalized spacial score (nSPS) is 19.8. The number of nitrogens with one attached hydrogen (secondary N) is 1. The molecule has 2 unspecified atom stereocenters. The highest BCUT2D eigenvalue weighted by Gasteiger charge is 2.17. The van der Waals surface area contributed by atoms with Gasteiger partial charge in [0.25, 0.3) is 0 Å². The Morgan fingerprint density at radius 3 is 3.19 bits per heavy atom. The fourth-order valence-corrected chi connectivity index (χ4v) is 2.65. The van der Waals surface area contributed by atoms with Gasteiger partial charge in [-0.15, -0.1) is 0 Å². The van der Waals surface area contributed by atoms with Crippen molar-refractivity contribution in [3.8, 4) is 0 Å². The molecule has 112 valence electrons. The van der Waals surface area contributed by atoms with Gasteiger partial charge in [0, 0.05) is 34.9 Å². The van der Waals surface area contributed by atoms with Gasteiger partial charge >= 0.3 is 0 Å². The topological polar surface area (TPSA) is 43.4 Å². The van der Waals surface area contributed by atoms with Crippen LogP contribution in [-0.4, -0.2) is 37.0 Å². The number of rotatable bonds is 5. The number of benzene rings is 1. The van der Waals surface area contributed by atoms with E-state index in [0.29, 0.717) is 18.2 Å². The summed E-state index contributed by atoms with van der Waals surface area (Å²) in [6, 6.07) is 7.94. The number of ether oxygens (including phenoxy) is 2. The van der Waals surface area contributed by atoms with Crippen molar-refractivity contribution in [1.82, 2.24) is 4.98 Å². The second kappa shape index (κ2) is 6.60. The molecule has 5 heteroatoms. The average molecular weight is 307 g/mol. The van der Waals surface area contributed by atoms with Crippen LogP contribution in [0.2, 0.25) is 5.02 Å². The van der Waals surface area contributed by atoms with Crippen LogP contribution in [-0.2, 0) is 9.47 Å². The van der Waals surface area contributed by atoms with Crippen LogP contribution in [0.5, 0.6) is 0 Å². The van der Waals surface area contributed by atoms with E-state index in [0.717, 1.165) is 29.6 Å². The second-order valence-corrected chi connectivity index (χ2v) is 5.82. The summed E-state index contributed by atoms with van der Waals surface area (Å²) in [4.78, 5) is 4.35. The molecule has 21 heavy (non-hydrogen) atoms. The summed E-state index contributed by atoms with van der Waals surface area (Å²) in [5.74, 6) is 0. The quantitative estimate of drug-likeness (QED) is 0.918. The molecule has 1 saturated heterocycles. The molecule has 3 rings (SSSR count). The Bertz CT molecular complexity index is 614. The zero-order valence-corrected chi connectivity index (χ0v) is 12.8. The van der Waals surface area contributed by atoms with E-state index in [1.807, 2.05) is 24.3 Å². The molecule has 2 atom stereocenters. The highest BCUT2D eigenvalue weighted by atomic mass is 35.5. The monoisotopic (exact) mass is 306 g/mol. The molecule has 0 bridgehead atoms. The van der Waals surface area contributed by atoms with Crippen molar-refractivity contribution in [2.75, 3.05) is 25.1 Å². The molecule has 1 N–H and O–H groups in total. The largest absolute Gasteiger partial charge is 0.380 e. The first-order chi connectivity index (χ1) is 10.2. The van der Waals surface area contributed by atoms with E-state index < -0.39 is 0 Å². The maximum Gasteiger partial charge on any atom is 0.0831 e. The third-order valence-electron chi connectivity index (χ3n) is 3.58. The molecule has 4 nitrogen and oxygen atoms in total. The highest BCUT2D eigenvalue weighted by molar-refractivity contribution is 6.31. The molecule has 0 saturated carbocycles. The van der Waals surface area contributed by atoms with Crippen LogP contribution in [0.15, 0.2) is 30.5 Å². The van der Waals surface area contributed by atoms with Gasteiger partial charge in [0.05, 0.1) is 24.8 Å². The van der Waals surface area contributed by atoms with Crippen molar-refractivity contribution in [3.63, 3.8) is 0 Å². The molecule has 0 radical (unpaired) electrons. The van der Waals surface area contributed by atoms with Gasteiger partial charge in [0.1, 0.15) is 0 Å². The number of hydrogen-bond acceptors (Lipinski definition) is 4. The zero-order valence-electron chi connectivity index (χ0n) is 12.0. The van der Waals surface area contributed by atoms with Crippen LogP contribution < -0.4 is 5.32 Å². The number of anilines is 1. The second-order valence-electron chi connectivity index (χ2n) is 5.38. The molecule has 2 aromatic rings. The molecule has 1 fully saturated rings. The summed E-state index contributed by atoms with van der Waals surface area (Å²) in [5, 5.41) is 5.25. The molecular weight excluding hydrogens is 288 g/mol. The number of fused-ring (bicyclic) bond motifs is 1. The minimum absolute atomic E-state index is 0.215. The van der Waals surface area contributed by atoms with Crippen molar-refractivity contribution in [2.45, 2.75) is 25.5 Å². The van der Waals surface area contributed by atoms with E-state index in [1.54, 1.807) is 6.20 Å². The lowest BCUT2D eigenvalue weighted by Crippen LogP contribution is -2.26. The molecule has 0 aliphatic carbocycles. The molecule has 0 amide bonds. The van der Waals surface area contributed by atoms with E-state index in [9.17, 15) is 0 Å². The van der Waals surface area contributed by atoms with Gasteiger partial charge in [-0.25, -0.2) is 0 Å². The van der Waals surface area contributed by atoms with Crippen LogP contribution in [0.3, 0.4) is 0 Å². The standard InChI is InChI=1S/C16H19ClN2O2/c1-11(9-21-13-5-7-20-10-13)19-15-4-6-18-16-8-12(17)2-3-14(15)16/h2-4,6,8,11,13H,5,7,9-10H2,1H3,(H,18,19). The molecule has 1 aromatic carbocycles. The first-order valence-electron chi connectivity index (χ1n) is 7.22. The van der Waals surface area contributed by atoms with Crippen LogP contribution in [0.4, 0.5) is 5.69 Å². The van der Waals surface area contributed by atoms with Gasteiger partial charge in [-0.1, -0.05) is 11.6 Å². The van der Waals surface area contributed by atoms with E-state index >= 15 is 0 Å². The minimum Gasteiger partial charge on any atom is -0.380 e. The Hall–Kier alpha value is -1.36. The lowest BCUT2D eigenvalue weighted by Gasteiger charge is -2.19. The Labute approximate surface area is 129 Å². The third kappa shape index (κ3) is 3.64. The van der Waals surface area contributed by atoms with Crippen LogP contribution in [0.1, 0.15) is 13.3 Å². The fraction of sp³-hybridized carbons (Fsp3) is 0.438. The highest BCUT2D eigenvalue weighted by Crippen LogP contribution is 2.25. The van der Waals surface area contributed by atoms with Crippen molar-refractivity contribution >= 4 is 28.2 Å². The molecule has 1 aliphatic rings. The predicted molar refractivity (Wildman–Crippen MR) is 85.0 cm³/mol. The zero-order chi connectivity index (χ0) is 14.7. The van der Waals surface area contributed by atoms with Crippen LogP contribution in [0.25, 0.3) is 10.9 Å². The Balaban J connectivity index is 1.66. The lowest BCUT2D eigenvalue weighted by atomic mass is 10.1. The number of halogens is 1. The molecule has 1 aromatic heterocycles. The SMILES string of the molecule is CC(COC1CCOC1)Nc1ccnc2cc(Cl)ccc12. The van der Waals surface area contributed by atoms with Crippen LogP contribution in [0, 0.1) is 0 Å². The van der Waals surface area contributed by atoms with E-state index in [-0.39, 0.29) is 12.1 Å². The van der Waals surface area contributed by atoms with Crippen molar-refractivity contribution in [1.29, 1.82) is 0 Å². The van der Waals surface area contributed by atoms with Crippen LogP contribution >= 0.6 is 11.6 Å². The van der Waals surface area contributed by atoms with Gasteiger partial charge in [-0.3, -0.25) is 4.98 Å². The van der Waals surface area contributed by atoms with Gasteiger partial charge in [0.2, 0.25) is 0 Å². The summed E-state index contributed by atoms with van der Waals surface area (Å²) in [6.07, 6.45) is 3.02. The lowest BCUT2D eigenvalue weighted by molar-refractivity contribution is 0.0395. The summed E-state index contributed by atoms with van der Waals surface area (Å²) in [6.45, 7) is 4.29. The van der Waals surface area contributed by atoms with Gasteiger partial charge < -0.3 is 14.8 Å². The number of hydrogen-bond donors (Lipinski definition) is 1. The van der Waals surface area contributed by atoms with Gasteiger partial charge in [-0.05, 0) is 37.6 Å². The maximum absolute atomic E-state index is 6.01.